The van der Waals surface area contributed by atoms with Gasteiger partial charge in [-0.25, -0.2) is 14.8 Å². The summed E-state index contributed by atoms with van der Waals surface area (Å²) >= 11 is 24.6. The van der Waals surface area contributed by atoms with Crippen molar-refractivity contribution >= 4 is 125 Å². The second-order valence-electron chi connectivity index (χ2n) is 34.1. The van der Waals surface area contributed by atoms with Crippen molar-refractivity contribution in [1.82, 2.24) is 69.4 Å². The predicted molar refractivity (Wildman–Crippen MR) is 494 cm³/mol. The zero-order valence-corrected chi connectivity index (χ0v) is 78.4. The van der Waals surface area contributed by atoms with Crippen LogP contribution in [0, 0.1) is 6.92 Å². The molecule has 6 unspecified atom stereocenters. The van der Waals surface area contributed by atoms with Gasteiger partial charge < -0.3 is 69.1 Å². The maximum atomic E-state index is 14.0. The van der Waals surface area contributed by atoms with Crippen LogP contribution in [0.1, 0.15) is 101 Å². The molecular formula is C91H108Cl4F9N19O10. The number of piperidine rings is 1. The first-order chi connectivity index (χ1) is 63.1. The number of hydrogen-bond donors (Lipinski definition) is 2. The molecule has 0 radical (unpaired) electrons. The molecule has 0 aliphatic carbocycles. The Hall–Kier alpha value is -10.3. The third-order valence-corrected chi connectivity index (χ3v) is 25.2. The molecule has 718 valence electrons. The Morgan fingerprint density at radius 3 is 1.05 bits per heavy atom. The number of aromatic nitrogens is 9. The summed E-state index contributed by atoms with van der Waals surface area (Å²) in [6.07, 6.45) is -3.15. The van der Waals surface area contributed by atoms with E-state index in [1.54, 1.807) is 50.2 Å². The van der Waals surface area contributed by atoms with Crippen LogP contribution in [0.15, 0.2) is 98.1 Å². The first-order valence-corrected chi connectivity index (χ1v) is 44.8. The number of piperazine rings is 2. The van der Waals surface area contributed by atoms with Crippen molar-refractivity contribution in [2.45, 2.75) is 146 Å². The Kier molecular flexibility index (Phi) is 33.7. The van der Waals surface area contributed by atoms with Gasteiger partial charge in [-0.05, 0) is 203 Å². The average molecular weight is 1940 g/mol. The van der Waals surface area contributed by atoms with E-state index in [9.17, 15) is 53.9 Å². The second-order valence-corrected chi connectivity index (χ2v) is 35.7. The number of rotatable bonds is 23. The molecule has 0 bridgehead atoms. The average Bonchev–Trinajstić information content (AvgIpc) is 1.67. The molecular weight excluding hydrogens is 1830 g/mol. The molecule has 3 aromatic carbocycles. The van der Waals surface area contributed by atoms with Crippen LogP contribution in [0.25, 0.3) is 66.5 Å². The van der Waals surface area contributed by atoms with Crippen molar-refractivity contribution in [3.63, 3.8) is 0 Å². The molecule has 6 fully saturated rings. The number of alkyl halides is 9. The van der Waals surface area contributed by atoms with Gasteiger partial charge in [0.05, 0.1) is 85.2 Å². The van der Waals surface area contributed by atoms with Gasteiger partial charge in [0.2, 0.25) is 11.1 Å². The van der Waals surface area contributed by atoms with E-state index in [0.29, 0.717) is 154 Å². The summed E-state index contributed by atoms with van der Waals surface area (Å²) in [5.74, 6) is 1.41. The van der Waals surface area contributed by atoms with Crippen LogP contribution < -0.4 is 40.4 Å². The first kappa shape index (κ1) is 102. The number of fused-ring (bicyclic) bond motifs is 3. The van der Waals surface area contributed by atoms with Crippen LogP contribution in [-0.2, 0) is 47.1 Å². The largest absolute Gasteiger partial charge is 0.462 e. The van der Waals surface area contributed by atoms with E-state index in [4.69, 9.17) is 106 Å². The number of ether oxygens (including phenoxy) is 7. The number of aryl methyl sites for hydroxylation is 1. The highest BCUT2D eigenvalue weighted by atomic mass is 35.5. The number of nitrogens with two attached hydrogens (primary N) is 2. The predicted octanol–water partition coefficient (Wildman–Crippen LogP) is 16.8. The number of likely N-dealkylation sites (N-methyl/N-ethyl adjacent to an activating group) is 3. The van der Waals surface area contributed by atoms with Crippen LogP contribution >= 0.6 is 46.4 Å². The zero-order valence-electron chi connectivity index (χ0n) is 75.4. The SMILES string of the molecule is C=CC(=O)Cl.C=CC(=O)N1CCN(c2nc(OCC3CCC(COC)N3C)nc3cc(-c4nc(N)ccc4C(F)(F)F)c(Cl)cc23)CC1.COCC1CCC(COc2nc(N3CCCCC3)c3cc(Cl)c(-c4nc(N)ccc4C(F)(F)F)cc3n2)N1C.COCC1CCC(COc2nc(N3CCN(C(=O)OC(C)(C)C)CC3)c3cc(Cl)c(-c4nc(C)ccc4C(F)(F)F)cc3n2)N1C. The van der Waals surface area contributed by atoms with Gasteiger partial charge in [-0.15, -0.1) is 0 Å². The van der Waals surface area contributed by atoms with Crippen LogP contribution in [0.2, 0.25) is 15.1 Å². The van der Waals surface area contributed by atoms with Gasteiger partial charge in [0.1, 0.15) is 54.5 Å². The molecule has 6 aromatic heterocycles. The number of methoxy groups -OCH3 is 3. The summed E-state index contributed by atoms with van der Waals surface area (Å²) in [6, 6.07) is 17.2. The number of benzene rings is 3. The lowest BCUT2D eigenvalue weighted by molar-refractivity contribution is -0.138. The number of nitrogens with zero attached hydrogens (tertiary/aromatic N) is 17. The molecule has 9 aromatic rings. The van der Waals surface area contributed by atoms with Crippen molar-refractivity contribution in [1.29, 1.82) is 0 Å². The number of pyridine rings is 3. The van der Waals surface area contributed by atoms with Crippen LogP contribution in [0.4, 0.5) is 73.4 Å². The number of halogens is 13. The lowest BCUT2D eigenvalue weighted by Gasteiger charge is -2.36. The highest BCUT2D eigenvalue weighted by molar-refractivity contribution is 6.66. The minimum absolute atomic E-state index is 0.0312. The molecule has 133 heavy (non-hydrogen) atoms. The Bertz CT molecular complexity index is 5650. The van der Waals surface area contributed by atoms with E-state index in [1.807, 2.05) is 44.7 Å². The molecule has 2 amide bonds. The van der Waals surface area contributed by atoms with E-state index in [0.717, 1.165) is 107 Å². The number of carbonyl (C=O) groups is 3. The summed E-state index contributed by atoms with van der Waals surface area (Å²) in [4.78, 5) is 90.7. The minimum atomic E-state index is -4.68. The van der Waals surface area contributed by atoms with Crippen molar-refractivity contribution in [2.24, 2.45) is 0 Å². The molecule has 4 N–H and O–H groups in total. The standard InChI is InChI=1S/C32H40ClF3N6O4.C29H33ClF3N7O3.C27H32ClF3N6O2.C3H3ClO/c1-19-7-10-24(32(34,35)36)27(37-19)22-16-26-23(15-25(22)33)28(41-11-13-42(14-12-41)30(43)46-31(2,3)4)39-29(38-26)45-18-21-9-8-20(17-44-6)40(21)5;1-4-25(41)39-9-11-40(12-10-39)27-20-13-22(30)19(26-21(29(31,32)33)7-8-24(34)36-26)14-23(20)35-28(37-27)43-16-18-6-5-17(15-42-3)38(18)2;1-36-16(14-38-2)6-7-17(36)15-39-26-33-22-13-18(24-20(27(29,30)31)8-9-23(32)34-24)21(28)12-19(22)25(35-26)37-10-4-3-5-11-37;1-2-3(4)5/h7,10,15-16,20-21H,8-9,11-14,17-18H2,1-6H3;4,7-8,13-14,17-18H,1,5-6,9-12,15-16H2,2-3H3,(H2,34,36);8-9,12-13,16-17H,3-7,10-11,14-15H2,1-2H3,(H2,32,34);2H,1H2. The highest BCUT2D eigenvalue weighted by Gasteiger charge is 2.41. The zero-order chi connectivity index (χ0) is 96.3. The minimum Gasteiger partial charge on any atom is -0.462 e. The van der Waals surface area contributed by atoms with Crippen LogP contribution in [0.5, 0.6) is 18.0 Å². The molecule has 6 atom stereocenters. The van der Waals surface area contributed by atoms with Gasteiger partial charge in [-0.1, -0.05) is 48.0 Å². The molecule has 6 aliphatic heterocycles. The molecule has 29 nitrogen and oxygen atoms in total. The van der Waals surface area contributed by atoms with E-state index in [-0.39, 0.29) is 109 Å². The van der Waals surface area contributed by atoms with E-state index in [2.05, 4.69) is 69.7 Å². The number of allylic oxidation sites excluding steroid dienone is 1. The van der Waals surface area contributed by atoms with Crippen molar-refractivity contribution in [2.75, 3.05) is 174 Å². The Morgan fingerprint density at radius 2 is 0.737 bits per heavy atom. The molecule has 42 heteroatoms. The van der Waals surface area contributed by atoms with E-state index >= 15 is 0 Å². The van der Waals surface area contributed by atoms with Gasteiger partial charge in [-0.2, -0.15) is 69.4 Å². The van der Waals surface area contributed by atoms with Gasteiger partial charge in [0.15, 0.2) is 0 Å². The lowest BCUT2D eigenvalue weighted by atomic mass is 10.0. The summed E-state index contributed by atoms with van der Waals surface area (Å²) in [5.41, 5.74) is 8.91. The maximum Gasteiger partial charge on any atom is 0.418 e. The Balaban J connectivity index is 0.000000176. The van der Waals surface area contributed by atoms with E-state index < -0.39 is 57.8 Å². The summed E-state index contributed by atoms with van der Waals surface area (Å²) in [5, 5.41) is 1.44. The van der Waals surface area contributed by atoms with Crippen LogP contribution in [0.3, 0.4) is 0 Å². The fraction of sp³-hybridized carbons (Fsp3) is 0.495. The van der Waals surface area contributed by atoms with E-state index in [1.165, 1.54) is 36.4 Å². The van der Waals surface area contributed by atoms with Crippen LogP contribution in [-0.4, -0.2) is 276 Å². The smallest absolute Gasteiger partial charge is 0.418 e. The maximum absolute atomic E-state index is 14.0. The fourth-order valence-electron chi connectivity index (χ4n) is 17.0. The summed E-state index contributed by atoms with van der Waals surface area (Å²) in [6.45, 7) is 21.7. The number of anilines is 5. The van der Waals surface area contributed by atoms with Crippen molar-refractivity contribution in [3.05, 3.63) is 136 Å². The van der Waals surface area contributed by atoms with Gasteiger partial charge >= 0.3 is 42.7 Å². The number of hydrogen-bond acceptors (Lipinski definition) is 27. The first-order valence-electron chi connectivity index (χ1n) is 43.3. The topological polar surface area (TPSA) is 310 Å². The molecule has 15 rings (SSSR count). The highest BCUT2D eigenvalue weighted by Crippen LogP contribution is 2.47. The molecule has 0 saturated carbocycles. The molecule has 6 saturated heterocycles. The molecule has 0 spiro atoms. The van der Waals surface area contributed by atoms with Gasteiger partial charge in [0.25, 0.3) is 0 Å². The van der Waals surface area contributed by atoms with Crippen molar-refractivity contribution < 1.29 is 87.1 Å². The van der Waals surface area contributed by atoms with Gasteiger partial charge in [0, 0.05) is 162 Å². The van der Waals surface area contributed by atoms with Gasteiger partial charge in [-0.3, -0.25) is 29.3 Å². The molecule has 6 aliphatic rings. The van der Waals surface area contributed by atoms with Crippen molar-refractivity contribution in [3.8, 4) is 51.8 Å². The third kappa shape index (κ3) is 25.3. The number of likely N-dealkylation sites (tertiary alicyclic amines) is 3. The Labute approximate surface area is 784 Å². The lowest BCUT2D eigenvalue weighted by Crippen LogP contribution is -2.50. The summed E-state index contributed by atoms with van der Waals surface area (Å²) in [7, 11) is 11.2. The number of amides is 2. The monoisotopic (exact) mass is 1940 g/mol. The number of carbonyl (C=O) groups excluding carboxylic acids is 3. The normalized spacial score (nSPS) is 19.4. The third-order valence-electron chi connectivity index (χ3n) is 24.1. The fourth-order valence-corrected chi connectivity index (χ4v) is 17.7. The second kappa shape index (κ2) is 44.0. The molecule has 12 heterocycles. The number of nitrogen functional groups attached to an aromatic ring is 2. The quantitative estimate of drug-likeness (QED) is 0.0341. The summed E-state index contributed by atoms with van der Waals surface area (Å²) < 4.78 is 165. The Morgan fingerprint density at radius 1 is 0.429 bits per heavy atom.